The monoisotopic (exact) mass is 369 g/mol. The third-order valence-corrected chi connectivity index (χ3v) is 5.96. The minimum Gasteiger partial charge on any atom is -0.313 e. The van der Waals surface area contributed by atoms with Gasteiger partial charge in [-0.25, -0.2) is 0 Å². The second-order valence-corrected chi connectivity index (χ2v) is 8.09. The second-order valence-electron chi connectivity index (χ2n) is 6.08. The van der Waals surface area contributed by atoms with Crippen LogP contribution in [0.4, 0.5) is 0 Å². The molecular weight excluding hydrogens is 342 g/mol. The van der Waals surface area contributed by atoms with Gasteiger partial charge in [-0.05, 0) is 49.9 Å². The first-order valence-corrected chi connectivity index (χ1v) is 10.2. The largest absolute Gasteiger partial charge is 0.313 e. The lowest BCUT2D eigenvalue weighted by Crippen LogP contribution is -2.38. The van der Waals surface area contributed by atoms with E-state index in [1.807, 2.05) is 11.8 Å². The van der Waals surface area contributed by atoms with Crippen molar-refractivity contribution in [3.05, 3.63) is 28.7 Å². The van der Waals surface area contributed by atoms with Crippen molar-refractivity contribution in [3.63, 3.8) is 0 Å². The summed E-state index contributed by atoms with van der Waals surface area (Å²) in [4.78, 5) is 1.38. The van der Waals surface area contributed by atoms with E-state index < -0.39 is 0 Å². The Hall–Kier alpha value is 0.01000. The van der Waals surface area contributed by atoms with Crippen LogP contribution in [0.15, 0.2) is 33.6 Å². The fourth-order valence-electron chi connectivity index (χ4n) is 3.15. The SMILES string of the molecule is CCCNC(CSc1cccc(Br)c1)C1CCCCCC1. The summed E-state index contributed by atoms with van der Waals surface area (Å²) in [5, 5.41) is 3.82. The molecule has 1 saturated carbocycles. The zero-order valence-corrected chi connectivity index (χ0v) is 15.5. The standard InChI is InChI=1S/C18H28BrNS/c1-2-12-20-18(15-8-5-3-4-6-9-15)14-21-17-11-7-10-16(19)13-17/h7,10-11,13,15,18,20H,2-6,8-9,12,14H2,1H3. The van der Waals surface area contributed by atoms with E-state index in [9.17, 15) is 0 Å². The quantitative estimate of drug-likeness (QED) is 0.475. The van der Waals surface area contributed by atoms with Gasteiger partial charge < -0.3 is 5.32 Å². The first-order valence-electron chi connectivity index (χ1n) is 8.41. The van der Waals surface area contributed by atoms with Crippen molar-refractivity contribution in [2.24, 2.45) is 5.92 Å². The van der Waals surface area contributed by atoms with E-state index in [0.29, 0.717) is 6.04 Å². The number of benzene rings is 1. The molecule has 118 valence electrons. The van der Waals surface area contributed by atoms with E-state index >= 15 is 0 Å². The molecule has 0 heterocycles. The van der Waals surface area contributed by atoms with E-state index in [1.54, 1.807) is 0 Å². The molecule has 1 atom stereocenters. The average Bonchev–Trinajstić information content (AvgIpc) is 2.77. The Balaban J connectivity index is 1.91. The molecule has 0 bridgehead atoms. The molecule has 1 aliphatic rings. The van der Waals surface area contributed by atoms with Crippen LogP contribution in [-0.2, 0) is 0 Å². The van der Waals surface area contributed by atoms with Crippen LogP contribution in [0.25, 0.3) is 0 Å². The average molecular weight is 370 g/mol. The zero-order chi connectivity index (χ0) is 14.9. The highest BCUT2D eigenvalue weighted by molar-refractivity contribution is 9.10. The Labute approximate surface area is 142 Å². The third-order valence-electron chi connectivity index (χ3n) is 4.35. The van der Waals surface area contributed by atoms with Crippen molar-refractivity contribution in [3.8, 4) is 0 Å². The van der Waals surface area contributed by atoms with Crippen molar-refractivity contribution in [2.45, 2.75) is 62.8 Å². The minimum absolute atomic E-state index is 0.673. The Morgan fingerprint density at radius 2 is 2.00 bits per heavy atom. The number of hydrogen-bond acceptors (Lipinski definition) is 2. The topological polar surface area (TPSA) is 12.0 Å². The van der Waals surface area contributed by atoms with Crippen molar-refractivity contribution in [1.29, 1.82) is 0 Å². The van der Waals surface area contributed by atoms with Crippen LogP contribution in [0.1, 0.15) is 51.9 Å². The van der Waals surface area contributed by atoms with E-state index in [4.69, 9.17) is 0 Å². The summed E-state index contributed by atoms with van der Waals surface area (Å²) in [5.41, 5.74) is 0. The van der Waals surface area contributed by atoms with Gasteiger partial charge in [0.15, 0.2) is 0 Å². The maximum Gasteiger partial charge on any atom is 0.0189 e. The van der Waals surface area contributed by atoms with Crippen molar-refractivity contribution in [1.82, 2.24) is 5.32 Å². The number of halogens is 1. The zero-order valence-electron chi connectivity index (χ0n) is 13.1. The van der Waals surface area contributed by atoms with Crippen molar-refractivity contribution >= 4 is 27.7 Å². The lowest BCUT2D eigenvalue weighted by Gasteiger charge is -2.27. The number of hydrogen-bond donors (Lipinski definition) is 1. The van der Waals surface area contributed by atoms with E-state index in [2.05, 4.69) is 52.4 Å². The molecule has 21 heavy (non-hydrogen) atoms. The molecule has 1 aromatic rings. The molecule has 0 aromatic heterocycles. The Bertz CT molecular complexity index is 402. The summed E-state index contributed by atoms with van der Waals surface area (Å²) in [6.45, 7) is 3.42. The van der Waals surface area contributed by atoms with Gasteiger partial charge >= 0.3 is 0 Å². The summed E-state index contributed by atoms with van der Waals surface area (Å²) in [5.74, 6) is 2.07. The molecule has 1 nitrogen and oxygen atoms in total. The Morgan fingerprint density at radius 1 is 1.24 bits per heavy atom. The molecule has 1 aliphatic carbocycles. The molecule has 1 aromatic carbocycles. The fourth-order valence-corrected chi connectivity index (χ4v) is 4.85. The maximum atomic E-state index is 3.82. The number of nitrogens with one attached hydrogen (secondary N) is 1. The molecule has 0 saturated heterocycles. The van der Waals surface area contributed by atoms with Crippen molar-refractivity contribution < 1.29 is 0 Å². The second kappa shape index (κ2) is 9.91. The highest BCUT2D eigenvalue weighted by atomic mass is 79.9. The fraction of sp³-hybridized carbons (Fsp3) is 0.667. The molecule has 0 radical (unpaired) electrons. The van der Waals surface area contributed by atoms with Gasteiger partial charge in [-0.3, -0.25) is 0 Å². The van der Waals surface area contributed by atoms with Gasteiger partial charge in [-0.2, -0.15) is 0 Å². The van der Waals surface area contributed by atoms with Gasteiger partial charge in [0.2, 0.25) is 0 Å². The van der Waals surface area contributed by atoms with Crippen LogP contribution < -0.4 is 5.32 Å². The van der Waals surface area contributed by atoms with E-state index in [1.165, 1.54) is 60.1 Å². The lowest BCUT2D eigenvalue weighted by molar-refractivity contribution is 0.343. The molecule has 1 N–H and O–H groups in total. The molecular formula is C18H28BrNS. The Kier molecular flexibility index (Phi) is 8.20. The first-order chi connectivity index (χ1) is 10.3. The predicted molar refractivity (Wildman–Crippen MR) is 98.1 cm³/mol. The summed E-state index contributed by atoms with van der Waals surface area (Å²) in [6.07, 6.45) is 9.80. The first kappa shape index (κ1) is 17.4. The van der Waals surface area contributed by atoms with Crippen LogP contribution in [0, 0.1) is 5.92 Å². The molecule has 3 heteroatoms. The molecule has 1 unspecified atom stereocenters. The predicted octanol–water partition coefficient (Wildman–Crippen LogP) is 5.88. The Morgan fingerprint density at radius 3 is 2.67 bits per heavy atom. The van der Waals surface area contributed by atoms with Gasteiger partial charge in [0.05, 0.1) is 0 Å². The third kappa shape index (κ3) is 6.33. The lowest BCUT2D eigenvalue weighted by atomic mass is 9.93. The summed E-state index contributed by atoms with van der Waals surface area (Å²) >= 11 is 5.57. The molecule has 0 aliphatic heterocycles. The van der Waals surface area contributed by atoms with Crippen LogP contribution in [0.3, 0.4) is 0 Å². The molecule has 1 fully saturated rings. The summed E-state index contributed by atoms with van der Waals surface area (Å²) in [7, 11) is 0. The molecule has 0 amide bonds. The van der Waals surface area contributed by atoms with Crippen LogP contribution in [0.2, 0.25) is 0 Å². The molecule has 0 spiro atoms. The smallest absolute Gasteiger partial charge is 0.0189 e. The van der Waals surface area contributed by atoms with Crippen LogP contribution in [0.5, 0.6) is 0 Å². The summed E-state index contributed by atoms with van der Waals surface area (Å²) in [6, 6.07) is 9.36. The van der Waals surface area contributed by atoms with E-state index in [0.717, 1.165) is 12.5 Å². The van der Waals surface area contributed by atoms with Crippen LogP contribution >= 0.6 is 27.7 Å². The van der Waals surface area contributed by atoms with Gasteiger partial charge in [-0.1, -0.05) is 54.6 Å². The van der Waals surface area contributed by atoms with Gasteiger partial charge in [0.1, 0.15) is 0 Å². The van der Waals surface area contributed by atoms with Gasteiger partial charge in [-0.15, -0.1) is 11.8 Å². The number of thioether (sulfide) groups is 1. The number of rotatable bonds is 7. The molecule has 2 rings (SSSR count). The highest BCUT2D eigenvalue weighted by Gasteiger charge is 2.22. The van der Waals surface area contributed by atoms with Crippen molar-refractivity contribution in [2.75, 3.05) is 12.3 Å². The normalized spacial score (nSPS) is 18.4. The highest BCUT2D eigenvalue weighted by Crippen LogP contribution is 2.29. The van der Waals surface area contributed by atoms with Gasteiger partial charge in [0, 0.05) is 21.2 Å². The van der Waals surface area contributed by atoms with E-state index in [-0.39, 0.29) is 0 Å². The minimum atomic E-state index is 0.673. The van der Waals surface area contributed by atoms with Crippen LogP contribution in [-0.4, -0.2) is 18.3 Å². The van der Waals surface area contributed by atoms with Gasteiger partial charge in [0.25, 0.3) is 0 Å². The summed E-state index contributed by atoms with van der Waals surface area (Å²) < 4.78 is 1.18. The maximum absolute atomic E-state index is 3.82.